The minimum atomic E-state index is -0.682. The van der Waals surface area contributed by atoms with Crippen LogP contribution in [0.15, 0.2) is 71.1 Å². The Balaban J connectivity index is 1.71. The van der Waals surface area contributed by atoms with Gasteiger partial charge in [-0.25, -0.2) is 0 Å². The number of hydrogen-bond acceptors (Lipinski definition) is 4. The number of ether oxygens (including phenoxy) is 1. The van der Waals surface area contributed by atoms with Crippen LogP contribution in [-0.2, 0) is 17.8 Å². The van der Waals surface area contributed by atoms with Crippen molar-refractivity contribution < 1.29 is 4.74 Å². The summed E-state index contributed by atoms with van der Waals surface area (Å²) in [6.45, 7) is 2.41. The quantitative estimate of drug-likeness (QED) is 0.807. The highest BCUT2D eigenvalue weighted by Gasteiger charge is 2.32. The van der Waals surface area contributed by atoms with Crippen LogP contribution in [0.25, 0.3) is 0 Å². The van der Waals surface area contributed by atoms with Crippen molar-refractivity contribution in [2.24, 2.45) is 11.5 Å². The van der Waals surface area contributed by atoms with Crippen LogP contribution in [-0.4, -0.2) is 16.6 Å². The lowest BCUT2D eigenvalue weighted by atomic mass is 9.82. The summed E-state index contributed by atoms with van der Waals surface area (Å²) in [6, 6.07) is 11.8. The number of nitrogens with zero attached hydrogens (tertiary/aromatic N) is 1. The summed E-state index contributed by atoms with van der Waals surface area (Å²) >= 11 is 3.45. The van der Waals surface area contributed by atoms with Crippen molar-refractivity contribution >= 4 is 15.9 Å². The zero-order chi connectivity index (χ0) is 17.9. The molecule has 0 radical (unpaired) electrons. The predicted molar refractivity (Wildman–Crippen MR) is 104 cm³/mol. The second-order valence-electron chi connectivity index (χ2n) is 6.46. The molecule has 130 valence electrons. The van der Waals surface area contributed by atoms with Crippen molar-refractivity contribution in [2.75, 3.05) is 0 Å². The first-order valence-corrected chi connectivity index (χ1v) is 8.98. The molecule has 1 aliphatic carbocycles. The molecule has 25 heavy (non-hydrogen) atoms. The van der Waals surface area contributed by atoms with Crippen LogP contribution in [0.4, 0.5) is 0 Å². The van der Waals surface area contributed by atoms with Gasteiger partial charge < -0.3 is 16.2 Å². The lowest BCUT2D eigenvalue weighted by Crippen LogP contribution is -2.55. The molecule has 4 N–H and O–H groups in total. The summed E-state index contributed by atoms with van der Waals surface area (Å²) in [4.78, 5) is 4.35. The fraction of sp³-hybridized carbons (Fsp3) is 0.250. The number of aryl methyl sites for hydroxylation is 1. The van der Waals surface area contributed by atoms with Gasteiger partial charge in [0.15, 0.2) is 0 Å². The van der Waals surface area contributed by atoms with Crippen molar-refractivity contribution in [3.63, 3.8) is 0 Å². The Morgan fingerprint density at radius 3 is 2.64 bits per heavy atom. The first kappa shape index (κ1) is 17.9. The second kappa shape index (κ2) is 7.52. The summed E-state index contributed by atoms with van der Waals surface area (Å²) in [5.41, 5.74) is 15.3. The van der Waals surface area contributed by atoms with Gasteiger partial charge in [0.1, 0.15) is 12.4 Å². The maximum atomic E-state index is 6.59. The van der Waals surface area contributed by atoms with E-state index in [1.165, 1.54) is 0 Å². The van der Waals surface area contributed by atoms with Crippen LogP contribution in [0.1, 0.15) is 16.8 Å². The predicted octanol–water partition coefficient (Wildman–Crippen LogP) is 3.39. The Morgan fingerprint density at radius 2 is 1.96 bits per heavy atom. The molecule has 0 spiro atoms. The minimum Gasteiger partial charge on any atom is -0.488 e. The molecular formula is C20H22BrN3O. The van der Waals surface area contributed by atoms with Gasteiger partial charge in [-0.05, 0) is 54.8 Å². The van der Waals surface area contributed by atoms with E-state index in [0.29, 0.717) is 13.0 Å². The largest absolute Gasteiger partial charge is 0.488 e. The molecule has 0 aliphatic heterocycles. The van der Waals surface area contributed by atoms with Gasteiger partial charge in [0.2, 0.25) is 0 Å². The number of rotatable bonds is 5. The fourth-order valence-electron chi connectivity index (χ4n) is 2.74. The molecule has 1 aliphatic rings. The molecule has 0 bridgehead atoms. The molecule has 3 rings (SSSR count). The van der Waals surface area contributed by atoms with Gasteiger partial charge in [-0.2, -0.15) is 0 Å². The highest BCUT2D eigenvalue weighted by molar-refractivity contribution is 9.10. The highest BCUT2D eigenvalue weighted by Crippen LogP contribution is 2.25. The van der Waals surface area contributed by atoms with Gasteiger partial charge in [0.25, 0.3) is 0 Å². The number of benzene rings is 1. The van der Waals surface area contributed by atoms with Crippen LogP contribution in [0.3, 0.4) is 0 Å². The minimum absolute atomic E-state index is 0.263. The average molecular weight is 400 g/mol. The highest BCUT2D eigenvalue weighted by atomic mass is 79.9. The third kappa shape index (κ3) is 4.57. The van der Waals surface area contributed by atoms with E-state index in [-0.39, 0.29) is 6.04 Å². The maximum absolute atomic E-state index is 6.59. The molecule has 0 amide bonds. The van der Waals surface area contributed by atoms with Crippen molar-refractivity contribution in [3.05, 3.63) is 87.9 Å². The summed E-state index contributed by atoms with van der Waals surface area (Å²) in [7, 11) is 0. The molecule has 1 aromatic heterocycles. The first-order valence-electron chi connectivity index (χ1n) is 8.19. The number of hydrogen-bond donors (Lipinski definition) is 2. The van der Waals surface area contributed by atoms with E-state index in [2.05, 4.69) is 20.9 Å². The zero-order valence-corrected chi connectivity index (χ0v) is 15.7. The van der Waals surface area contributed by atoms with E-state index in [1.54, 1.807) is 0 Å². The van der Waals surface area contributed by atoms with Gasteiger partial charge in [-0.1, -0.05) is 40.2 Å². The Kier molecular flexibility index (Phi) is 5.37. The zero-order valence-electron chi connectivity index (χ0n) is 14.2. The average Bonchev–Trinajstić information content (AvgIpc) is 2.60. The Hall–Kier alpha value is -1.95. The van der Waals surface area contributed by atoms with E-state index >= 15 is 0 Å². The first-order chi connectivity index (χ1) is 11.9. The lowest BCUT2D eigenvalue weighted by molar-refractivity contribution is 0.200. The van der Waals surface area contributed by atoms with Crippen LogP contribution >= 0.6 is 15.9 Å². The van der Waals surface area contributed by atoms with Crippen LogP contribution in [0.2, 0.25) is 0 Å². The van der Waals surface area contributed by atoms with E-state index < -0.39 is 5.54 Å². The Labute approximate surface area is 156 Å². The molecule has 2 aromatic rings. The molecule has 4 nitrogen and oxygen atoms in total. The number of halogens is 1. The van der Waals surface area contributed by atoms with E-state index in [9.17, 15) is 0 Å². The Morgan fingerprint density at radius 1 is 1.20 bits per heavy atom. The topological polar surface area (TPSA) is 74.2 Å². The normalized spacial score (nSPS) is 22.6. The summed E-state index contributed by atoms with van der Waals surface area (Å²) in [5.74, 6) is 0.726. The number of aromatic nitrogens is 1. The summed E-state index contributed by atoms with van der Waals surface area (Å²) in [6.07, 6.45) is 8.18. The van der Waals surface area contributed by atoms with Crippen LogP contribution < -0.4 is 11.5 Å². The molecular weight excluding hydrogens is 378 g/mol. The van der Waals surface area contributed by atoms with E-state index in [0.717, 1.165) is 27.1 Å². The SMILES string of the molecule is Cc1ccc(COC2=CC(N)(Cc3ccc(Br)cc3)C(N)C=C2)nc1. The Bertz CT molecular complexity index is 784. The van der Waals surface area contributed by atoms with Gasteiger partial charge >= 0.3 is 0 Å². The molecule has 1 aromatic carbocycles. The van der Waals surface area contributed by atoms with Crippen LogP contribution in [0, 0.1) is 6.92 Å². The van der Waals surface area contributed by atoms with Gasteiger partial charge in [0.05, 0.1) is 11.2 Å². The number of nitrogens with two attached hydrogens (primary N) is 2. The van der Waals surface area contributed by atoms with E-state index in [1.807, 2.05) is 67.7 Å². The fourth-order valence-corrected chi connectivity index (χ4v) is 3.01. The molecule has 2 atom stereocenters. The van der Waals surface area contributed by atoms with Crippen molar-refractivity contribution in [1.29, 1.82) is 0 Å². The van der Waals surface area contributed by atoms with Gasteiger partial charge in [0, 0.05) is 16.7 Å². The smallest absolute Gasteiger partial charge is 0.130 e. The van der Waals surface area contributed by atoms with Crippen molar-refractivity contribution in [2.45, 2.75) is 31.5 Å². The lowest BCUT2D eigenvalue weighted by Gasteiger charge is -2.34. The van der Waals surface area contributed by atoms with Gasteiger partial charge in [-0.15, -0.1) is 0 Å². The number of pyridine rings is 1. The number of allylic oxidation sites excluding steroid dienone is 1. The monoisotopic (exact) mass is 399 g/mol. The van der Waals surface area contributed by atoms with Crippen molar-refractivity contribution in [1.82, 2.24) is 4.98 Å². The van der Waals surface area contributed by atoms with Crippen molar-refractivity contribution in [3.8, 4) is 0 Å². The molecule has 1 heterocycles. The second-order valence-corrected chi connectivity index (χ2v) is 7.38. The van der Waals surface area contributed by atoms with Gasteiger partial charge in [-0.3, -0.25) is 4.98 Å². The molecule has 5 heteroatoms. The van der Waals surface area contributed by atoms with E-state index in [4.69, 9.17) is 16.2 Å². The third-order valence-corrected chi connectivity index (χ3v) is 4.81. The molecule has 2 unspecified atom stereocenters. The molecule has 0 saturated heterocycles. The molecule has 0 fully saturated rings. The third-order valence-electron chi connectivity index (χ3n) is 4.28. The maximum Gasteiger partial charge on any atom is 0.130 e. The summed E-state index contributed by atoms with van der Waals surface area (Å²) in [5, 5.41) is 0. The summed E-state index contributed by atoms with van der Waals surface area (Å²) < 4.78 is 6.92. The standard InChI is InChI=1S/C20H22BrN3O/c1-14-2-7-17(24-12-14)13-25-18-8-9-19(22)20(23,11-18)10-15-3-5-16(21)6-4-15/h2-9,11-12,19H,10,13,22-23H2,1H3. The van der Waals surface area contributed by atoms with Crippen LogP contribution in [0.5, 0.6) is 0 Å². The molecule has 0 saturated carbocycles.